The van der Waals surface area contributed by atoms with Crippen molar-refractivity contribution in [2.24, 2.45) is 11.1 Å². The van der Waals surface area contributed by atoms with E-state index in [4.69, 9.17) is 28.9 Å². The molecule has 3 N–H and O–H groups in total. The maximum absolute atomic E-state index is 12.3. The molecule has 19 heavy (non-hydrogen) atoms. The second-order valence-electron chi connectivity index (χ2n) is 5.20. The van der Waals surface area contributed by atoms with Gasteiger partial charge in [-0.2, -0.15) is 0 Å². The van der Waals surface area contributed by atoms with Crippen LogP contribution >= 0.6 is 23.2 Å². The topological polar surface area (TPSA) is 55.1 Å². The van der Waals surface area contributed by atoms with Crippen LogP contribution in [0.5, 0.6) is 0 Å². The fourth-order valence-electron chi connectivity index (χ4n) is 2.41. The number of carbonyl (C=O) groups is 1. The normalized spacial score (nSPS) is 18.5. The summed E-state index contributed by atoms with van der Waals surface area (Å²) in [5.74, 6) is 0.0276. The van der Waals surface area contributed by atoms with Crippen molar-refractivity contribution in [3.05, 3.63) is 33.8 Å². The van der Waals surface area contributed by atoms with Gasteiger partial charge in [0, 0.05) is 16.6 Å². The molecule has 1 aliphatic carbocycles. The monoisotopic (exact) mass is 300 g/mol. The van der Waals surface area contributed by atoms with Crippen LogP contribution in [0.15, 0.2) is 18.2 Å². The molecule has 0 spiro atoms. The highest BCUT2D eigenvalue weighted by atomic mass is 35.5. The molecule has 1 saturated carbocycles. The van der Waals surface area contributed by atoms with Crippen molar-refractivity contribution in [3.63, 3.8) is 0 Å². The Morgan fingerprint density at radius 1 is 1.47 bits per heavy atom. The van der Waals surface area contributed by atoms with Gasteiger partial charge in [0.15, 0.2) is 0 Å². The van der Waals surface area contributed by atoms with Crippen LogP contribution in [0.3, 0.4) is 0 Å². The maximum Gasteiger partial charge on any atom is 0.227 e. The minimum atomic E-state index is -0.368. The summed E-state index contributed by atoms with van der Waals surface area (Å²) in [6, 6.07) is 5.14. The first-order valence-corrected chi connectivity index (χ1v) is 7.20. The van der Waals surface area contributed by atoms with E-state index in [1.165, 1.54) is 0 Å². The summed E-state index contributed by atoms with van der Waals surface area (Å²) < 4.78 is 0. The van der Waals surface area contributed by atoms with E-state index in [1.807, 2.05) is 13.0 Å². The molecule has 0 aliphatic heterocycles. The number of rotatable bonds is 4. The Kier molecular flexibility index (Phi) is 4.39. The highest BCUT2D eigenvalue weighted by Gasteiger charge is 2.43. The van der Waals surface area contributed by atoms with Crippen molar-refractivity contribution in [2.45, 2.75) is 32.2 Å². The number of benzene rings is 1. The van der Waals surface area contributed by atoms with E-state index in [9.17, 15) is 4.79 Å². The van der Waals surface area contributed by atoms with E-state index in [-0.39, 0.29) is 17.4 Å². The second-order valence-corrected chi connectivity index (χ2v) is 6.04. The molecule has 1 aromatic carbocycles. The number of hydrogen-bond donors (Lipinski definition) is 2. The van der Waals surface area contributed by atoms with Gasteiger partial charge in [0.05, 0.1) is 11.5 Å². The smallest absolute Gasteiger partial charge is 0.227 e. The largest absolute Gasteiger partial charge is 0.349 e. The van der Waals surface area contributed by atoms with E-state index in [1.54, 1.807) is 12.1 Å². The molecule has 5 heteroatoms. The fourth-order valence-corrected chi connectivity index (χ4v) is 2.98. The lowest BCUT2D eigenvalue weighted by Crippen LogP contribution is -2.50. The Morgan fingerprint density at radius 2 is 2.16 bits per heavy atom. The summed E-state index contributed by atoms with van der Waals surface area (Å²) >= 11 is 12.0. The molecule has 3 nitrogen and oxygen atoms in total. The Hall–Kier alpha value is -0.770. The quantitative estimate of drug-likeness (QED) is 0.896. The molecule has 104 valence electrons. The molecule has 1 atom stereocenters. The van der Waals surface area contributed by atoms with Crippen LogP contribution in [0.25, 0.3) is 0 Å². The highest BCUT2D eigenvalue weighted by molar-refractivity contribution is 6.35. The summed E-state index contributed by atoms with van der Waals surface area (Å²) in [5, 5.41) is 4.16. The SMILES string of the molecule is CC(NC(=O)C1(CN)CCC1)c1ccc(Cl)cc1Cl. The predicted octanol–water partition coefficient (Wildman–Crippen LogP) is 3.30. The first-order chi connectivity index (χ1) is 8.98. The Labute approximate surface area is 123 Å². The lowest BCUT2D eigenvalue weighted by molar-refractivity contribution is -0.135. The average Bonchev–Trinajstić information content (AvgIpc) is 2.27. The molecule has 2 rings (SSSR count). The average molecular weight is 301 g/mol. The number of hydrogen-bond acceptors (Lipinski definition) is 2. The maximum atomic E-state index is 12.3. The molecule has 0 radical (unpaired) electrons. The number of carbonyl (C=O) groups excluding carboxylic acids is 1. The molecule has 1 unspecified atom stereocenters. The van der Waals surface area contributed by atoms with Gasteiger partial charge >= 0.3 is 0 Å². The van der Waals surface area contributed by atoms with Gasteiger partial charge in [-0.05, 0) is 37.5 Å². The summed E-state index contributed by atoms with van der Waals surface area (Å²) in [6.07, 6.45) is 2.81. The zero-order chi connectivity index (χ0) is 14.0. The van der Waals surface area contributed by atoms with E-state index in [0.29, 0.717) is 16.6 Å². The highest BCUT2D eigenvalue weighted by Crippen LogP contribution is 2.40. The van der Waals surface area contributed by atoms with E-state index in [0.717, 1.165) is 24.8 Å². The molecule has 0 bridgehead atoms. The molecule has 1 aliphatic rings. The van der Waals surface area contributed by atoms with Crippen molar-refractivity contribution in [1.29, 1.82) is 0 Å². The molecule has 1 fully saturated rings. The van der Waals surface area contributed by atoms with Crippen molar-refractivity contribution < 1.29 is 4.79 Å². The Balaban J connectivity index is 2.08. The first kappa shape index (κ1) is 14.6. The van der Waals surface area contributed by atoms with Gasteiger partial charge in [-0.25, -0.2) is 0 Å². The van der Waals surface area contributed by atoms with Crippen LogP contribution in [0.2, 0.25) is 10.0 Å². The summed E-state index contributed by atoms with van der Waals surface area (Å²) in [7, 11) is 0. The molecule has 1 amide bonds. The minimum Gasteiger partial charge on any atom is -0.349 e. The van der Waals surface area contributed by atoms with Crippen molar-refractivity contribution >= 4 is 29.1 Å². The lowest BCUT2D eigenvalue weighted by Gasteiger charge is -2.40. The summed E-state index contributed by atoms with van der Waals surface area (Å²) in [4.78, 5) is 12.3. The third-order valence-electron chi connectivity index (χ3n) is 3.96. The summed E-state index contributed by atoms with van der Waals surface area (Å²) in [5.41, 5.74) is 6.23. The van der Waals surface area contributed by atoms with Gasteiger partial charge in [0.2, 0.25) is 5.91 Å². The predicted molar refractivity (Wildman–Crippen MR) is 78.4 cm³/mol. The molecular formula is C14H18Cl2N2O. The van der Waals surface area contributed by atoms with Crippen molar-refractivity contribution in [3.8, 4) is 0 Å². The minimum absolute atomic E-state index is 0.0276. The van der Waals surface area contributed by atoms with Crippen LogP contribution in [-0.2, 0) is 4.79 Å². The van der Waals surface area contributed by atoms with Crippen LogP contribution in [-0.4, -0.2) is 12.5 Å². The third kappa shape index (κ3) is 2.88. The van der Waals surface area contributed by atoms with Gasteiger partial charge in [0.1, 0.15) is 0 Å². The van der Waals surface area contributed by atoms with Gasteiger partial charge in [-0.1, -0.05) is 35.7 Å². The van der Waals surface area contributed by atoms with Gasteiger partial charge < -0.3 is 11.1 Å². The standard InChI is InChI=1S/C14H18Cl2N2O/c1-9(11-4-3-10(15)7-12(11)16)18-13(19)14(8-17)5-2-6-14/h3-4,7,9H,2,5-6,8,17H2,1H3,(H,18,19). The van der Waals surface area contributed by atoms with E-state index in [2.05, 4.69) is 5.32 Å². The lowest BCUT2D eigenvalue weighted by atomic mass is 9.68. The number of amides is 1. The van der Waals surface area contributed by atoms with Crippen molar-refractivity contribution in [2.75, 3.05) is 6.54 Å². The number of nitrogens with two attached hydrogens (primary N) is 1. The van der Waals surface area contributed by atoms with Crippen LogP contribution in [0, 0.1) is 5.41 Å². The fraction of sp³-hybridized carbons (Fsp3) is 0.500. The Morgan fingerprint density at radius 3 is 2.63 bits per heavy atom. The van der Waals surface area contributed by atoms with Crippen LogP contribution in [0.4, 0.5) is 0 Å². The van der Waals surface area contributed by atoms with Crippen LogP contribution < -0.4 is 11.1 Å². The van der Waals surface area contributed by atoms with Gasteiger partial charge in [0.25, 0.3) is 0 Å². The van der Waals surface area contributed by atoms with Gasteiger partial charge in [-0.3, -0.25) is 4.79 Å². The molecule has 0 heterocycles. The number of nitrogens with one attached hydrogen (secondary N) is 1. The first-order valence-electron chi connectivity index (χ1n) is 6.44. The third-order valence-corrected chi connectivity index (χ3v) is 4.52. The summed E-state index contributed by atoms with van der Waals surface area (Å²) in [6.45, 7) is 2.32. The Bertz CT molecular complexity index is 481. The van der Waals surface area contributed by atoms with Crippen LogP contribution in [0.1, 0.15) is 37.8 Å². The molecule has 0 aromatic heterocycles. The second kappa shape index (κ2) is 5.70. The molecule has 1 aromatic rings. The number of halogens is 2. The van der Waals surface area contributed by atoms with Crippen molar-refractivity contribution in [1.82, 2.24) is 5.32 Å². The van der Waals surface area contributed by atoms with E-state index >= 15 is 0 Å². The van der Waals surface area contributed by atoms with Gasteiger partial charge in [-0.15, -0.1) is 0 Å². The van der Waals surface area contributed by atoms with E-state index < -0.39 is 0 Å². The molecule has 0 saturated heterocycles. The zero-order valence-corrected chi connectivity index (χ0v) is 12.4. The molecular weight excluding hydrogens is 283 g/mol. The zero-order valence-electron chi connectivity index (χ0n) is 10.9.